The Hall–Kier alpha value is -1.64. The Morgan fingerprint density at radius 2 is 1.79 bits per heavy atom. The van der Waals surface area contributed by atoms with Crippen molar-refractivity contribution < 1.29 is 0 Å². The van der Waals surface area contributed by atoms with Gasteiger partial charge in [-0.2, -0.15) is 0 Å². The summed E-state index contributed by atoms with van der Waals surface area (Å²) in [6, 6.07) is 7.27. The van der Waals surface area contributed by atoms with E-state index >= 15 is 0 Å². The third-order valence-corrected chi connectivity index (χ3v) is 5.24. The first-order chi connectivity index (χ1) is 13.0. The molecule has 1 aromatic carbocycles. The molecule has 1 heterocycles. The van der Waals surface area contributed by atoms with E-state index < -0.39 is 0 Å². The zero-order chi connectivity index (χ0) is 19.2. The second-order valence-electron chi connectivity index (χ2n) is 7.69. The Morgan fingerprint density at radius 3 is 2.39 bits per heavy atom. The molecule has 1 saturated carbocycles. The van der Waals surface area contributed by atoms with E-state index in [-0.39, 0.29) is 24.0 Å². The molecule has 2 aromatic rings. The van der Waals surface area contributed by atoms with Gasteiger partial charge in [-0.15, -0.1) is 34.2 Å². The van der Waals surface area contributed by atoms with Crippen LogP contribution in [0.25, 0.3) is 0 Å². The molecule has 0 unspecified atom stereocenters. The molecule has 7 heteroatoms. The van der Waals surface area contributed by atoms with Gasteiger partial charge in [0.25, 0.3) is 0 Å². The number of aliphatic imine (C=N–C) groups is 1. The molecule has 0 atom stereocenters. The van der Waals surface area contributed by atoms with Crippen molar-refractivity contribution in [1.82, 2.24) is 25.4 Å². The SMILES string of the molecule is Cc1cc(C)cc(CCNC(=NCc2nnc(C)n2C)NC2CCCC2)c1.I. The normalized spacial score (nSPS) is 14.8. The highest BCUT2D eigenvalue weighted by Gasteiger charge is 2.16. The molecule has 1 aliphatic carbocycles. The summed E-state index contributed by atoms with van der Waals surface area (Å²) in [5.41, 5.74) is 4.00. The van der Waals surface area contributed by atoms with Gasteiger partial charge in [0.05, 0.1) is 0 Å². The molecule has 28 heavy (non-hydrogen) atoms. The lowest BCUT2D eigenvalue weighted by atomic mass is 10.1. The number of benzene rings is 1. The first kappa shape index (κ1) is 22.6. The molecular formula is C21H33IN6. The number of nitrogens with zero attached hydrogens (tertiary/aromatic N) is 4. The predicted molar refractivity (Wildman–Crippen MR) is 125 cm³/mol. The lowest BCUT2D eigenvalue weighted by Crippen LogP contribution is -2.43. The Kier molecular flexibility index (Phi) is 8.72. The highest BCUT2D eigenvalue weighted by Crippen LogP contribution is 2.17. The van der Waals surface area contributed by atoms with E-state index in [9.17, 15) is 0 Å². The van der Waals surface area contributed by atoms with Crippen molar-refractivity contribution in [3.63, 3.8) is 0 Å². The molecular weight excluding hydrogens is 463 g/mol. The molecule has 1 fully saturated rings. The standard InChI is InChI=1S/C21H32N6.HI/c1-15-11-16(2)13-18(12-15)9-10-22-21(24-19-7-5-6-8-19)23-14-20-26-25-17(3)27(20)4;/h11-13,19H,5-10,14H2,1-4H3,(H2,22,23,24);1H. The maximum absolute atomic E-state index is 4.77. The summed E-state index contributed by atoms with van der Waals surface area (Å²) in [6.07, 6.45) is 6.03. The van der Waals surface area contributed by atoms with Gasteiger partial charge < -0.3 is 15.2 Å². The van der Waals surface area contributed by atoms with Gasteiger partial charge in [-0.1, -0.05) is 42.2 Å². The van der Waals surface area contributed by atoms with E-state index in [4.69, 9.17) is 4.99 Å². The van der Waals surface area contributed by atoms with Gasteiger partial charge >= 0.3 is 0 Å². The maximum Gasteiger partial charge on any atom is 0.191 e. The van der Waals surface area contributed by atoms with Crippen LogP contribution >= 0.6 is 24.0 Å². The van der Waals surface area contributed by atoms with E-state index in [1.165, 1.54) is 42.4 Å². The third-order valence-electron chi connectivity index (χ3n) is 5.24. The smallest absolute Gasteiger partial charge is 0.191 e. The Bertz CT molecular complexity index is 772. The molecule has 1 aliphatic rings. The van der Waals surface area contributed by atoms with Crippen LogP contribution in [0.4, 0.5) is 0 Å². The second kappa shape index (κ2) is 10.8. The summed E-state index contributed by atoms with van der Waals surface area (Å²) in [7, 11) is 1.98. The van der Waals surface area contributed by atoms with Crippen molar-refractivity contribution in [2.24, 2.45) is 12.0 Å². The molecule has 0 spiro atoms. The topological polar surface area (TPSA) is 67.1 Å². The second-order valence-corrected chi connectivity index (χ2v) is 7.69. The van der Waals surface area contributed by atoms with Crippen LogP contribution in [0.1, 0.15) is 54.0 Å². The maximum atomic E-state index is 4.77. The number of halogens is 1. The van der Waals surface area contributed by atoms with Gasteiger partial charge in [-0.05, 0) is 45.6 Å². The van der Waals surface area contributed by atoms with Gasteiger partial charge in [-0.3, -0.25) is 0 Å². The van der Waals surface area contributed by atoms with E-state index in [1.807, 2.05) is 18.5 Å². The van der Waals surface area contributed by atoms with Crippen LogP contribution in [0.15, 0.2) is 23.2 Å². The minimum atomic E-state index is 0. The Labute approximate surface area is 185 Å². The summed E-state index contributed by atoms with van der Waals surface area (Å²) in [6.45, 7) is 7.66. The molecule has 1 aromatic heterocycles. The summed E-state index contributed by atoms with van der Waals surface area (Å²) in [5, 5.41) is 15.5. The molecule has 0 radical (unpaired) electrons. The van der Waals surface area contributed by atoms with Gasteiger partial charge in [0, 0.05) is 19.6 Å². The molecule has 3 rings (SSSR count). The van der Waals surface area contributed by atoms with Crippen LogP contribution in [0.2, 0.25) is 0 Å². The molecule has 154 valence electrons. The van der Waals surface area contributed by atoms with Crippen LogP contribution in [-0.2, 0) is 20.0 Å². The average molecular weight is 496 g/mol. The average Bonchev–Trinajstić information content (AvgIpc) is 3.23. The monoisotopic (exact) mass is 496 g/mol. The zero-order valence-corrected chi connectivity index (χ0v) is 19.8. The lowest BCUT2D eigenvalue weighted by molar-refractivity contribution is 0.610. The van der Waals surface area contributed by atoms with E-state index in [0.717, 1.165) is 30.6 Å². The summed E-state index contributed by atoms with van der Waals surface area (Å²) in [5.74, 6) is 2.68. The quantitative estimate of drug-likeness (QED) is 0.365. The number of guanidine groups is 1. The minimum absolute atomic E-state index is 0. The number of aromatic nitrogens is 3. The molecule has 0 amide bonds. The van der Waals surface area contributed by atoms with Crippen molar-refractivity contribution in [3.05, 3.63) is 46.5 Å². The molecule has 0 aliphatic heterocycles. The molecule has 0 bridgehead atoms. The highest BCUT2D eigenvalue weighted by atomic mass is 127. The van der Waals surface area contributed by atoms with Gasteiger partial charge in [0.2, 0.25) is 0 Å². The van der Waals surface area contributed by atoms with Crippen LogP contribution in [0, 0.1) is 20.8 Å². The van der Waals surface area contributed by atoms with Gasteiger partial charge in [0.1, 0.15) is 12.4 Å². The Balaban J connectivity index is 0.00000280. The van der Waals surface area contributed by atoms with E-state index in [0.29, 0.717) is 12.6 Å². The van der Waals surface area contributed by atoms with Crippen molar-refractivity contribution in [1.29, 1.82) is 0 Å². The first-order valence-electron chi connectivity index (χ1n) is 9.98. The Morgan fingerprint density at radius 1 is 1.11 bits per heavy atom. The number of hydrogen-bond acceptors (Lipinski definition) is 3. The van der Waals surface area contributed by atoms with Crippen LogP contribution < -0.4 is 10.6 Å². The van der Waals surface area contributed by atoms with Crippen molar-refractivity contribution >= 4 is 29.9 Å². The van der Waals surface area contributed by atoms with Crippen molar-refractivity contribution in [2.45, 2.75) is 65.5 Å². The summed E-state index contributed by atoms with van der Waals surface area (Å²) < 4.78 is 1.99. The number of rotatable bonds is 6. The zero-order valence-electron chi connectivity index (χ0n) is 17.5. The van der Waals surface area contributed by atoms with E-state index in [1.54, 1.807) is 0 Å². The number of nitrogens with one attached hydrogen (secondary N) is 2. The molecule has 0 saturated heterocycles. The fourth-order valence-corrected chi connectivity index (χ4v) is 3.69. The van der Waals surface area contributed by atoms with Gasteiger partial charge in [-0.25, -0.2) is 4.99 Å². The number of hydrogen-bond donors (Lipinski definition) is 2. The largest absolute Gasteiger partial charge is 0.356 e. The van der Waals surface area contributed by atoms with Crippen molar-refractivity contribution in [3.8, 4) is 0 Å². The van der Waals surface area contributed by atoms with E-state index in [2.05, 4.69) is 52.9 Å². The van der Waals surface area contributed by atoms with Crippen LogP contribution in [-0.4, -0.2) is 33.3 Å². The van der Waals surface area contributed by atoms with Crippen LogP contribution in [0.3, 0.4) is 0 Å². The first-order valence-corrected chi connectivity index (χ1v) is 9.98. The summed E-state index contributed by atoms with van der Waals surface area (Å²) >= 11 is 0. The number of aryl methyl sites for hydroxylation is 3. The van der Waals surface area contributed by atoms with Gasteiger partial charge in [0.15, 0.2) is 11.8 Å². The third kappa shape index (κ3) is 6.46. The fraction of sp³-hybridized carbons (Fsp3) is 0.571. The summed E-state index contributed by atoms with van der Waals surface area (Å²) in [4.78, 5) is 4.77. The molecule has 6 nitrogen and oxygen atoms in total. The predicted octanol–water partition coefficient (Wildman–Crippen LogP) is 3.58. The van der Waals surface area contributed by atoms with Crippen LogP contribution in [0.5, 0.6) is 0 Å². The molecule has 2 N–H and O–H groups in total. The highest BCUT2D eigenvalue weighted by molar-refractivity contribution is 14.0. The fourth-order valence-electron chi connectivity index (χ4n) is 3.69. The van der Waals surface area contributed by atoms with Crippen molar-refractivity contribution in [2.75, 3.05) is 6.54 Å². The lowest BCUT2D eigenvalue weighted by Gasteiger charge is -2.17. The minimum Gasteiger partial charge on any atom is -0.356 e.